The van der Waals surface area contributed by atoms with Crippen LogP contribution in [0, 0.1) is 12.8 Å². The minimum atomic E-state index is -1.23. The maximum absolute atomic E-state index is 13.0. The van der Waals surface area contributed by atoms with E-state index < -0.39 is 17.5 Å². The quantitative estimate of drug-likeness (QED) is 0.757. The number of carbonyl (C=O) groups is 4. The normalized spacial score (nSPS) is 17.9. The molecule has 1 heterocycles. The van der Waals surface area contributed by atoms with E-state index in [0.29, 0.717) is 11.3 Å². The Bertz CT molecular complexity index is 1110. The number of ketones is 3. The van der Waals surface area contributed by atoms with Gasteiger partial charge in [-0.25, -0.2) is 4.99 Å². The Morgan fingerprint density at radius 3 is 2.43 bits per heavy atom. The molecule has 1 aliphatic carbocycles. The number of nitrogens with zero attached hydrogens (tertiary/aromatic N) is 2. The highest BCUT2D eigenvalue weighted by molar-refractivity contribution is 6.53. The van der Waals surface area contributed by atoms with Crippen molar-refractivity contribution >= 4 is 34.7 Å². The SMILES string of the molecule is Cc1ccc2c(c1)CC(=O)C(C1C(=O)c3ccc(C(=O)N(C)C)cc3C1=O)=N2. The van der Waals surface area contributed by atoms with Crippen molar-refractivity contribution in [1.29, 1.82) is 0 Å². The highest BCUT2D eigenvalue weighted by Gasteiger charge is 2.45. The minimum Gasteiger partial charge on any atom is -0.345 e. The first kappa shape index (κ1) is 18.0. The van der Waals surface area contributed by atoms with Crippen molar-refractivity contribution in [2.75, 3.05) is 14.1 Å². The third kappa shape index (κ3) is 2.69. The number of hydrogen-bond donors (Lipinski definition) is 0. The zero-order valence-corrected chi connectivity index (χ0v) is 15.8. The molecule has 1 aliphatic heterocycles. The van der Waals surface area contributed by atoms with E-state index in [9.17, 15) is 19.2 Å². The monoisotopic (exact) mass is 374 g/mol. The molecule has 1 unspecified atom stereocenters. The van der Waals surface area contributed by atoms with Crippen LogP contribution in [0.2, 0.25) is 0 Å². The summed E-state index contributed by atoms with van der Waals surface area (Å²) in [6, 6.07) is 10.0. The lowest BCUT2D eigenvalue weighted by molar-refractivity contribution is -0.112. The number of aryl methyl sites for hydroxylation is 1. The van der Waals surface area contributed by atoms with Gasteiger partial charge in [-0.05, 0) is 36.8 Å². The van der Waals surface area contributed by atoms with Gasteiger partial charge >= 0.3 is 0 Å². The van der Waals surface area contributed by atoms with Crippen LogP contribution in [0.1, 0.15) is 42.2 Å². The van der Waals surface area contributed by atoms with Crippen molar-refractivity contribution in [1.82, 2.24) is 4.90 Å². The van der Waals surface area contributed by atoms with Crippen molar-refractivity contribution < 1.29 is 19.2 Å². The third-order valence-electron chi connectivity index (χ3n) is 5.11. The maximum atomic E-state index is 13.0. The van der Waals surface area contributed by atoms with Crippen LogP contribution in [0.4, 0.5) is 5.69 Å². The third-order valence-corrected chi connectivity index (χ3v) is 5.11. The Labute approximate surface area is 161 Å². The van der Waals surface area contributed by atoms with E-state index in [1.54, 1.807) is 20.2 Å². The molecular formula is C22H18N2O4. The first-order chi connectivity index (χ1) is 13.3. The predicted molar refractivity (Wildman–Crippen MR) is 104 cm³/mol. The molecule has 1 atom stereocenters. The molecule has 0 saturated heterocycles. The van der Waals surface area contributed by atoms with Gasteiger partial charge in [0.05, 0.1) is 5.69 Å². The van der Waals surface area contributed by atoms with Crippen LogP contribution in [-0.2, 0) is 11.2 Å². The zero-order valence-electron chi connectivity index (χ0n) is 15.8. The van der Waals surface area contributed by atoms with Crippen LogP contribution in [0.25, 0.3) is 0 Å². The number of rotatable bonds is 2. The molecule has 1 amide bonds. The second kappa shape index (κ2) is 6.34. The molecule has 2 aliphatic rings. The molecule has 0 saturated carbocycles. The smallest absolute Gasteiger partial charge is 0.253 e. The van der Waals surface area contributed by atoms with Crippen LogP contribution < -0.4 is 0 Å². The summed E-state index contributed by atoms with van der Waals surface area (Å²) in [5.41, 5.74) is 3.14. The molecule has 6 nitrogen and oxygen atoms in total. The van der Waals surface area contributed by atoms with Crippen molar-refractivity contribution in [2.45, 2.75) is 13.3 Å². The number of fused-ring (bicyclic) bond motifs is 2. The fourth-order valence-corrected chi connectivity index (χ4v) is 3.68. The average molecular weight is 374 g/mol. The van der Waals surface area contributed by atoms with Gasteiger partial charge in [-0.3, -0.25) is 19.2 Å². The lowest BCUT2D eigenvalue weighted by Gasteiger charge is -2.17. The van der Waals surface area contributed by atoms with Gasteiger partial charge in [0, 0.05) is 37.2 Å². The number of Topliss-reactive ketones (excluding diaryl/α,β-unsaturated/α-hetero) is 3. The van der Waals surface area contributed by atoms with Crippen LogP contribution in [0.3, 0.4) is 0 Å². The molecule has 0 bridgehead atoms. The first-order valence-corrected chi connectivity index (χ1v) is 8.93. The molecule has 0 N–H and O–H groups in total. The van der Waals surface area contributed by atoms with Crippen LogP contribution >= 0.6 is 0 Å². The summed E-state index contributed by atoms with van der Waals surface area (Å²) in [5, 5.41) is 0. The number of benzene rings is 2. The molecule has 0 spiro atoms. The molecular weight excluding hydrogens is 356 g/mol. The van der Waals surface area contributed by atoms with E-state index in [1.165, 1.54) is 23.1 Å². The lowest BCUT2D eigenvalue weighted by Crippen LogP contribution is -2.34. The Morgan fingerprint density at radius 1 is 1.00 bits per heavy atom. The summed E-state index contributed by atoms with van der Waals surface area (Å²) in [6.45, 7) is 1.93. The van der Waals surface area contributed by atoms with Crippen molar-refractivity contribution in [2.24, 2.45) is 10.9 Å². The molecule has 2 aromatic carbocycles. The number of amides is 1. The summed E-state index contributed by atoms with van der Waals surface area (Å²) < 4.78 is 0. The number of aliphatic imine (C=N–C) groups is 1. The Kier molecular flexibility index (Phi) is 4.07. The first-order valence-electron chi connectivity index (χ1n) is 8.93. The second-order valence-electron chi connectivity index (χ2n) is 7.35. The fraction of sp³-hybridized carbons (Fsp3) is 0.227. The summed E-state index contributed by atoms with van der Waals surface area (Å²) in [6.07, 6.45) is 0.119. The van der Waals surface area contributed by atoms with Gasteiger partial charge in [0.2, 0.25) is 0 Å². The largest absolute Gasteiger partial charge is 0.345 e. The highest BCUT2D eigenvalue weighted by Crippen LogP contribution is 2.33. The van der Waals surface area contributed by atoms with Crippen LogP contribution in [0.15, 0.2) is 41.4 Å². The molecule has 140 valence electrons. The standard InChI is InChI=1S/C22H18N2O4/c1-11-4-7-16-13(8-11)10-17(25)19(23-16)18-20(26)14-6-5-12(22(28)24(2)3)9-15(14)21(18)27/h4-9,18H,10H2,1-3H3. The van der Waals surface area contributed by atoms with Gasteiger partial charge < -0.3 is 4.90 Å². The Hall–Kier alpha value is -3.41. The summed E-state index contributed by atoms with van der Waals surface area (Å²) >= 11 is 0. The van der Waals surface area contributed by atoms with Crippen LogP contribution in [-0.4, -0.2) is 48.0 Å². The van der Waals surface area contributed by atoms with Gasteiger partial charge in [-0.1, -0.05) is 17.7 Å². The van der Waals surface area contributed by atoms with Crippen molar-refractivity contribution in [3.8, 4) is 0 Å². The van der Waals surface area contributed by atoms with E-state index in [-0.39, 0.29) is 34.9 Å². The zero-order chi connectivity index (χ0) is 20.2. The van der Waals surface area contributed by atoms with E-state index >= 15 is 0 Å². The maximum Gasteiger partial charge on any atom is 0.253 e. The number of hydrogen-bond acceptors (Lipinski definition) is 5. The van der Waals surface area contributed by atoms with Crippen LogP contribution in [0.5, 0.6) is 0 Å². The average Bonchev–Trinajstić information content (AvgIpc) is 2.90. The van der Waals surface area contributed by atoms with Crippen molar-refractivity contribution in [3.05, 3.63) is 64.2 Å². The summed E-state index contributed by atoms with van der Waals surface area (Å²) in [5.74, 6) is -2.73. The fourth-order valence-electron chi connectivity index (χ4n) is 3.68. The Balaban J connectivity index is 1.76. The second-order valence-corrected chi connectivity index (χ2v) is 7.35. The summed E-state index contributed by atoms with van der Waals surface area (Å²) in [4.78, 5) is 56.5. The summed E-state index contributed by atoms with van der Waals surface area (Å²) in [7, 11) is 3.22. The molecule has 0 fully saturated rings. The minimum absolute atomic E-state index is 0.0111. The molecule has 6 heteroatoms. The van der Waals surface area contributed by atoms with Gasteiger partial charge in [0.25, 0.3) is 5.91 Å². The van der Waals surface area contributed by atoms with Crippen molar-refractivity contribution in [3.63, 3.8) is 0 Å². The highest BCUT2D eigenvalue weighted by atomic mass is 16.2. The Morgan fingerprint density at radius 2 is 1.71 bits per heavy atom. The van der Waals surface area contributed by atoms with Gasteiger partial charge in [0.15, 0.2) is 17.3 Å². The predicted octanol–water partition coefficient (Wildman–Crippen LogP) is 2.59. The van der Waals surface area contributed by atoms with Gasteiger partial charge in [-0.15, -0.1) is 0 Å². The van der Waals surface area contributed by atoms with E-state index in [2.05, 4.69) is 4.99 Å². The van der Waals surface area contributed by atoms with Gasteiger partial charge in [-0.2, -0.15) is 0 Å². The molecule has 2 aromatic rings. The van der Waals surface area contributed by atoms with Gasteiger partial charge in [0.1, 0.15) is 11.6 Å². The topological polar surface area (TPSA) is 83.9 Å². The molecule has 0 aromatic heterocycles. The molecule has 0 radical (unpaired) electrons. The molecule has 28 heavy (non-hydrogen) atoms. The van der Waals surface area contributed by atoms with E-state index in [1.807, 2.05) is 19.1 Å². The lowest BCUT2D eigenvalue weighted by atomic mass is 9.89. The molecule has 4 rings (SSSR count). The number of carbonyl (C=O) groups excluding carboxylic acids is 4. The van der Waals surface area contributed by atoms with E-state index in [4.69, 9.17) is 0 Å². The van der Waals surface area contributed by atoms with E-state index in [0.717, 1.165) is 11.1 Å².